The summed E-state index contributed by atoms with van der Waals surface area (Å²) in [6.07, 6.45) is -0.668. The summed E-state index contributed by atoms with van der Waals surface area (Å²) in [4.78, 5) is 52.1. The Morgan fingerprint density at radius 3 is 2.48 bits per heavy atom. The Kier molecular flexibility index (Phi) is 7.60. The van der Waals surface area contributed by atoms with Crippen LogP contribution in [0.3, 0.4) is 0 Å². The number of carbonyl (C=O) groups excluding carboxylic acids is 4. The predicted molar refractivity (Wildman–Crippen MR) is 118 cm³/mol. The zero-order chi connectivity index (χ0) is 24.0. The first kappa shape index (κ1) is 23.7. The van der Waals surface area contributed by atoms with Gasteiger partial charge in [-0.3, -0.25) is 19.3 Å². The topological polar surface area (TPSA) is 108 Å². The van der Waals surface area contributed by atoms with Gasteiger partial charge in [-0.05, 0) is 23.8 Å². The van der Waals surface area contributed by atoms with E-state index in [1.54, 1.807) is 0 Å². The van der Waals surface area contributed by atoms with Gasteiger partial charge in [0.15, 0.2) is 0 Å². The minimum absolute atomic E-state index is 0.0227. The first-order valence-electron chi connectivity index (χ1n) is 10.3. The maximum Gasteiger partial charge on any atom is 0.410 e. The second-order valence-corrected chi connectivity index (χ2v) is 7.52. The molecule has 1 aliphatic heterocycles. The highest BCUT2D eigenvalue weighted by molar-refractivity contribution is 5.97. The fourth-order valence-corrected chi connectivity index (χ4v) is 3.55. The van der Waals surface area contributed by atoms with Crippen LogP contribution < -0.4 is 10.6 Å². The number of halogens is 1. The van der Waals surface area contributed by atoms with E-state index < -0.39 is 35.7 Å². The van der Waals surface area contributed by atoms with E-state index >= 15 is 0 Å². The van der Waals surface area contributed by atoms with Gasteiger partial charge in [0.1, 0.15) is 18.5 Å². The van der Waals surface area contributed by atoms with E-state index in [2.05, 4.69) is 10.6 Å². The van der Waals surface area contributed by atoms with Crippen LogP contribution in [0.25, 0.3) is 0 Å². The number of nitrogens with zero attached hydrogens (tertiary/aromatic N) is 2. The summed E-state index contributed by atoms with van der Waals surface area (Å²) >= 11 is 0. The molecule has 0 aromatic heterocycles. The van der Waals surface area contributed by atoms with E-state index in [-0.39, 0.29) is 37.5 Å². The van der Waals surface area contributed by atoms with Gasteiger partial charge in [-0.2, -0.15) is 0 Å². The largest absolute Gasteiger partial charge is 0.445 e. The number of nitrogens with one attached hydrogen (secondary N) is 2. The van der Waals surface area contributed by atoms with Crippen molar-refractivity contribution in [3.8, 4) is 0 Å². The normalized spacial score (nSPS) is 15.5. The smallest absolute Gasteiger partial charge is 0.410 e. The van der Waals surface area contributed by atoms with Crippen molar-refractivity contribution < 1.29 is 28.3 Å². The highest BCUT2D eigenvalue weighted by atomic mass is 19.1. The molecule has 1 unspecified atom stereocenters. The minimum Gasteiger partial charge on any atom is -0.445 e. The van der Waals surface area contributed by atoms with Crippen LogP contribution in [0.15, 0.2) is 48.5 Å². The summed E-state index contributed by atoms with van der Waals surface area (Å²) in [6, 6.07) is 11.7. The van der Waals surface area contributed by atoms with Crippen molar-refractivity contribution in [3.63, 3.8) is 0 Å². The van der Waals surface area contributed by atoms with Crippen molar-refractivity contribution in [2.75, 3.05) is 32.0 Å². The Morgan fingerprint density at radius 2 is 1.82 bits per heavy atom. The van der Waals surface area contributed by atoms with Crippen LogP contribution in [-0.4, -0.2) is 66.3 Å². The highest BCUT2D eigenvalue weighted by Gasteiger charge is 2.37. The van der Waals surface area contributed by atoms with Gasteiger partial charge in [-0.25, -0.2) is 9.18 Å². The number of amides is 4. The summed E-state index contributed by atoms with van der Waals surface area (Å²) in [5.41, 5.74) is 0.976. The molecule has 1 heterocycles. The SMILES string of the molecule is CNC(=O)C1CN(C(=O)c2cc(F)cc(NC(C)=O)c2)CCN1C(=O)OCc1ccccc1. The lowest BCUT2D eigenvalue weighted by atomic mass is 10.1. The van der Waals surface area contributed by atoms with Gasteiger partial charge >= 0.3 is 6.09 Å². The summed E-state index contributed by atoms with van der Waals surface area (Å²) in [5.74, 6) is -2.06. The molecule has 1 fully saturated rings. The van der Waals surface area contributed by atoms with Gasteiger partial charge in [0.2, 0.25) is 11.8 Å². The summed E-state index contributed by atoms with van der Waals surface area (Å²) in [7, 11) is 1.43. The van der Waals surface area contributed by atoms with E-state index in [1.807, 2.05) is 30.3 Å². The van der Waals surface area contributed by atoms with E-state index in [0.29, 0.717) is 0 Å². The first-order valence-corrected chi connectivity index (χ1v) is 10.3. The van der Waals surface area contributed by atoms with Gasteiger partial charge in [0.05, 0.1) is 6.54 Å². The Hall–Kier alpha value is -3.95. The predicted octanol–water partition coefficient (Wildman–Crippen LogP) is 1.99. The molecule has 0 spiro atoms. The van der Waals surface area contributed by atoms with Crippen molar-refractivity contribution in [3.05, 3.63) is 65.5 Å². The standard InChI is InChI=1S/C23H25FN4O5/c1-15(29)26-19-11-17(10-18(24)12-19)22(31)27-8-9-28(20(13-27)21(30)25-2)23(32)33-14-16-6-4-3-5-7-16/h3-7,10-12,20H,8-9,13-14H2,1-2H3,(H,25,30)(H,26,29). The van der Waals surface area contributed by atoms with Crippen LogP contribution in [0, 0.1) is 5.82 Å². The van der Waals surface area contributed by atoms with Crippen molar-refractivity contribution in [2.45, 2.75) is 19.6 Å². The number of benzene rings is 2. The van der Waals surface area contributed by atoms with Crippen LogP contribution in [0.5, 0.6) is 0 Å². The number of carbonyl (C=O) groups is 4. The maximum absolute atomic E-state index is 14.0. The number of rotatable bonds is 5. The quantitative estimate of drug-likeness (QED) is 0.716. The molecule has 0 saturated carbocycles. The van der Waals surface area contributed by atoms with Gasteiger partial charge in [0, 0.05) is 38.3 Å². The molecule has 10 heteroatoms. The lowest BCUT2D eigenvalue weighted by molar-refractivity contribution is -0.127. The number of ether oxygens (including phenoxy) is 1. The molecule has 1 atom stereocenters. The second-order valence-electron chi connectivity index (χ2n) is 7.52. The molecule has 9 nitrogen and oxygen atoms in total. The van der Waals surface area contributed by atoms with Crippen molar-refractivity contribution in [1.29, 1.82) is 0 Å². The third kappa shape index (κ3) is 6.06. The van der Waals surface area contributed by atoms with E-state index in [0.717, 1.165) is 17.7 Å². The van der Waals surface area contributed by atoms with Crippen molar-refractivity contribution in [1.82, 2.24) is 15.1 Å². The average molecular weight is 456 g/mol. The van der Waals surface area contributed by atoms with Gasteiger partial charge in [-0.1, -0.05) is 30.3 Å². The molecule has 33 heavy (non-hydrogen) atoms. The summed E-state index contributed by atoms with van der Waals surface area (Å²) in [5, 5.41) is 4.94. The molecule has 174 valence electrons. The fourth-order valence-electron chi connectivity index (χ4n) is 3.55. The fraction of sp³-hybridized carbons (Fsp3) is 0.304. The zero-order valence-electron chi connectivity index (χ0n) is 18.3. The molecule has 2 N–H and O–H groups in total. The molecule has 0 radical (unpaired) electrons. The average Bonchev–Trinajstić information content (AvgIpc) is 2.81. The van der Waals surface area contributed by atoms with Crippen LogP contribution in [-0.2, 0) is 20.9 Å². The van der Waals surface area contributed by atoms with Gasteiger partial charge in [0.25, 0.3) is 5.91 Å². The molecule has 2 aromatic rings. The number of hydrogen-bond donors (Lipinski definition) is 2. The third-order valence-electron chi connectivity index (χ3n) is 5.12. The Labute approximate surface area is 190 Å². The molecule has 3 rings (SSSR count). The lowest BCUT2D eigenvalue weighted by Crippen LogP contribution is -2.61. The van der Waals surface area contributed by atoms with Crippen molar-refractivity contribution in [2.24, 2.45) is 0 Å². The van der Waals surface area contributed by atoms with E-state index in [9.17, 15) is 23.6 Å². The molecule has 4 amide bonds. The first-order chi connectivity index (χ1) is 15.8. The summed E-state index contributed by atoms with van der Waals surface area (Å²) < 4.78 is 19.4. The monoisotopic (exact) mass is 456 g/mol. The summed E-state index contributed by atoms with van der Waals surface area (Å²) in [6.45, 7) is 1.42. The van der Waals surface area contributed by atoms with Crippen molar-refractivity contribution >= 4 is 29.5 Å². The molecule has 0 bridgehead atoms. The molecular formula is C23H25FN4O5. The molecule has 2 aromatic carbocycles. The lowest BCUT2D eigenvalue weighted by Gasteiger charge is -2.39. The number of likely N-dealkylation sites (N-methyl/N-ethyl adjacent to an activating group) is 1. The maximum atomic E-state index is 14.0. The number of anilines is 1. The minimum atomic E-state index is -0.973. The second kappa shape index (κ2) is 10.6. The number of hydrogen-bond acceptors (Lipinski definition) is 5. The van der Waals surface area contributed by atoms with Gasteiger partial charge < -0.3 is 20.3 Å². The molecule has 1 saturated heterocycles. The zero-order valence-corrected chi connectivity index (χ0v) is 18.3. The third-order valence-corrected chi connectivity index (χ3v) is 5.12. The molecule has 1 aliphatic rings. The Bertz CT molecular complexity index is 1050. The van der Waals surface area contributed by atoms with E-state index in [1.165, 1.54) is 29.8 Å². The van der Waals surface area contributed by atoms with Gasteiger partial charge in [-0.15, -0.1) is 0 Å². The van der Waals surface area contributed by atoms with Crippen LogP contribution in [0.4, 0.5) is 14.9 Å². The van der Waals surface area contributed by atoms with Crippen LogP contribution in [0.1, 0.15) is 22.8 Å². The molecule has 0 aliphatic carbocycles. The van der Waals surface area contributed by atoms with E-state index in [4.69, 9.17) is 4.74 Å². The Balaban J connectivity index is 1.73. The van der Waals surface area contributed by atoms with Crippen LogP contribution in [0.2, 0.25) is 0 Å². The number of piperazine rings is 1. The van der Waals surface area contributed by atoms with Crippen LogP contribution >= 0.6 is 0 Å². The Morgan fingerprint density at radius 1 is 1.09 bits per heavy atom. The highest BCUT2D eigenvalue weighted by Crippen LogP contribution is 2.19. The molecular weight excluding hydrogens is 431 g/mol.